The van der Waals surface area contributed by atoms with Crippen LogP contribution in [0.2, 0.25) is 0 Å². The van der Waals surface area contributed by atoms with Crippen LogP contribution in [-0.2, 0) is 0 Å². The van der Waals surface area contributed by atoms with Crippen molar-refractivity contribution in [2.75, 3.05) is 0 Å². The van der Waals surface area contributed by atoms with Gasteiger partial charge < -0.3 is 8.83 Å². The van der Waals surface area contributed by atoms with Crippen molar-refractivity contribution < 1.29 is 8.83 Å². The van der Waals surface area contributed by atoms with Gasteiger partial charge in [-0.2, -0.15) is 0 Å². The average Bonchev–Trinajstić information content (AvgIpc) is 3.84. The van der Waals surface area contributed by atoms with Gasteiger partial charge in [0.05, 0.1) is 5.56 Å². The van der Waals surface area contributed by atoms with Gasteiger partial charge in [-0.25, -0.2) is 19.9 Å². The number of rotatable bonds is 5. The van der Waals surface area contributed by atoms with Crippen molar-refractivity contribution in [1.82, 2.24) is 19.9 Å². The fraction of sp³-hybridized carbons (Fsp3) is 0. The minimum atomic E-state index is 0.449. The topological polar surface area (TPSA) is 77.8 Å². The van der Waals surface area contributed by atoms with E-state index in [0.717, 1.165) is 60.3 Å². The summed E-state index contributed by atoms with van der Waals surface area (Å²) in [6.45, 7) is 0. The number of aromatic nitrogens is 4. The zero-order valence-corrected chi connectivity index (χ0v) is 28.8. The second-order valence-electron chi connectivity index (χ2n) is 13.4. The van der Waals surface area contributed by atoms with E-state index in [1.54, 1.807) is 0 Å². The predicted molar refractivity (Wildman–Crippen MR) is 217 cm³/mol. The maximum atomic E-state index is 6.66. The van der Waals surface area contributed by atoms with E-state index in [9.17, 15) is 0 Å². The van der Waals surface area contributed by atoms with Gasteiger partial charge >= 0.3 is 0 Å². The molecule has 0 atom stereocenters. The van der Waals surface area contributed by atoms with E-state index in [1.165, 1.54) is 5.39 Å². The van der Waals surface area contributed by atoms with E-state index in [2.05, 4.69) is 84.9 Å². The molecule has 8 aromatic carbocycles. The molecule has 0 bridgehead atoms. The van der Waals surface area contributed by atoms with Crippen LogP contribution in [0.5, 0.6) is 0 Å². The van der Waals surface area contributed by atoms with Gasteiger partial charge in [-0.05, 0) is 63.0 Å². The minimum absolute atomic E-state index is 0.449. The van der Waals surface area contributed by atoms with Crippen molar-refractivity contribution in [3.8, 4) is 56.7 Å². The Morgan fingerprint density at radius 1 is 0.352 bits per heavy atom. The summed E-state index contributed by atoms with van der Waals surface area (Å²) in [5, 5.41) is 6.34. The summed E-state index contributed by atoms with van der Waals surface area (Å²) in [5.74, 6) is 2.06. The molecule has 0 unspecified atom stereocenters. The average molecular weight is 693 g/mol. The fourth-order valence-corrected chi connectivity index (χ4v) is 7.57. The molecule has 0 fully saturated rings. The van der Waals surface area contributed by atoms with Gasteiger partial charge in [0.25, 0.3) is 0 Å². The molecule has 6 heteroatoms. The SMILES string of the molecule is c1ccc(-c2ccc(-c3nc4c(-c5nc(-c6ccccc6)nc(-c6cc7ccccc7c7ccccc67)n5)c5oc6ccccc6c5cc4o3)cc2)cc1. The van der Waals surface area contributed by atoms with Crippen molar-refractivity contribution >= 4 is 54.6 Å². The van der Waals surface area contributed by atoms with Gasteiger partial charge in [0.1, 0.15) is 16.7 Å². The first-order chi connectivity index (χ1) is 26.7. The van der Waals surface area contributed by atoms with Crippen LogP contribution < -0.4 is 0 Å². The Morgan fingerprint density at radius 3 is 1.74 bits per heavy atom. The van der Waals surface area contributed by atoms with Crippen molar-refractivity contribution in [1.29, 1.82) is 0 Å². The Balaban J connectivity index is 1.19. The van der Waals surface area contributed by atoms with E-state index in [-0.39, 0.29) is 0 Å². The summed E-state index contributed by atoms with van der Waals surface area (Å²) in [6.07, 6.45) is 0. The summed E-state index contributed by atoms with van der Waals surface area (Å²) in [5.41, 5.74) is 8.20. The highest BCUT2D eigenvalue weighted by atomic mass is 16.4. The number of fused-ring (bicyclic) bond motifs is 7. The van der Waals surface area contributed by atoms with Crippen LogP contribution in [0.1, 0.15) is 0 Å². The molecule has 0 amide bonds. The first kappa shape index (κ1) is 30.2. The molecule has 0 spiro atoms. The first-order valence-electron chi connectivity index (χ1n) is 17.9. The van der Waals surface area contributed by atoms with E-state index in [1.807, 2.05) is 84.9 Å². The third-order valence-electron chi connectivity index (χ3n) is 10.2. The molecule has 0 saturated carbocycles. The van der Waals surface area contributed by atoms with Crippen LogP contribution in [0.4, 0.5) is 0 Å². The summed E-state index contributed by atoms with van der Waals surface area (Å²) in [4.78, 5) is 20.8. The molecule has 11 aromatic rings. The van der Waals surface area contributed by atoms with Gasteiger partial charge in [-0.3, -0.25) is 0 Å². The van der Waals surface area contributed by atoms with Gasteiger partial charge in [0, 0.05) is 27.5 Å². The second-order valence-corrected chi connectivity index (χ2v) is 13.4. The third kappa shape index (κ3) is 4.89. The van der Waals surface area contributed by atoms with Crippen LogP contribution >= 0.6 is 0 Å². The molecule has 0 aliphatic rings. The lowest BCUT2D eigenvalue weighted by molar-refractivity contribution is 0.620. The molecule has 0 saturated heterocycles. The van der Waals surface area contributed by atoms with E-state index >= 15 is 0 Å². The molecule has 0 aliphatic heterocycles. The monoisotopic (exact) mass is 692 g/mol. The lowest BCUT2D eigenvalue weighted by Crippen LogP contribution is -2.01. The van der Waals surface area contributed by atoms with Gasteiger partial charge in [0.2, 0.25) is 5.89 Å². The maximum absolute atomic E-state index is 6.66. The first-order valence-corrected chi connectivity index (χ1v) is 17.9. The van der Waals surface area contributed by atoms with E-state index in [0.29, 0.717) is 45.6 Å². The molecule has 11 rings (SSSR count). The van der Waals surface area contributed by atoms with Crippen LogP contribution in [0, 0.1) is 0 Å². The highest BCUT2D eigenvalue weighted by Gasteiger charge is 2.25. The Bertz CT molecular complexity index is 3200. The highest BCUT2D eigenvalue weighted by Crippen LogP contribution is 2.43. The van der Waals surface area contributed by atoms with E-state index < -0.39 is 0 Å². The lowest BCUT2D eigenvalue weighted by atomic mass is 9.97. The normalized spacial score (nSPS) is 11.7. The zero-order valence-electron chi connectivity index (χ0n) is 28.8. The summed E-state index contributed by atoms with van der Waals surface area (Å²) in [6, 6.07) is 57.7. The molecule has 6 nitrogen and oxygen atoms in total. The van der Waals surface area contributed by atoms with Gasteiger partial charge in [-0.1, -0.05) is 140 Å². The van der Waals surface area contributed by atoms with Crippen molar-refractivity contribution in [3.63, 3.8) is 0 Å². The number of hydrogen-bond acceptors (Lipinski definition) is 6. The van der Waals surface area contributed by atoms with Crippen LogP contribution in [0.15, 0.2) is 179 Å². The molecule has 252 valence electrons. The van der Waals surface area contributed by atoms with Gasteiger partial charge in [0.15, 0.2) is 23.1 Å². The molecular weight excluding hydrogens is 665 g/mol. The smallest absolute Gasteiger partial charge is 0.227 e. The molecular formula is C48H28N4O2. The zero-order chi connectivity index (χ0) is 35.6. The standard InChI is InChI=1S/C48H28N4O2/c1-3-13-29(14-4-1)30-23-25-32(26-24-30)48-49-43-41(54-48)28-38-37-21-11-12-22-40(37)53-44(38)42(43)47-51-45(31-15-5-2-6-16-31)50-46(52-47)39-27-33-17-7-8-18-34(33)35-19-9-10-20-36(35)39/h1-28H. The Kier molecular flexibility index (Phi) is 6.75. The van der Waals surface area contributed by atoms with Crippen molar-refractivity contribution in [3.05, 3.63) is 170 Å². The number of para-hydroxylation sites is 1. The third-order valence-corrected chi connectivity index (χ3v) is 10.2. The molecule has 0 radical (unpaired) electrons. The number of benzene rings is 8. The summed E-state index contributed by atoms with van der Waals surface area (Å²) >= 11 is 0. The highest BCUT2D eigenvalue weighted by molar-refractivity contribution is 6.17. The largest absolute Gasteiger partial charge is 0.455 e. The summed E-state index contributed by atoms with van der Waals surface area (Å²) in [7, 11) is 0. The number of furan rings is 1. The second kappa shape index (κ2) is 12.1. The Hall–Kier alpha value is -7.44. The van der Waals surface area contributed by atoms with Crippen molar-refractivity contribution in [2.24, 2.45) is 0 Å². The van der Waals surface area contributed by atoms with Gasteiger partial charge in [-0.15, -0.1) is 0 Å². The predicted octanol–water partition coefficient (Wildman–Crippen LogP) is 12.6. The molecule has 0 aliphatic carbocycles. The quantitative estimate of drug-likeness (QED) is 0.167. The van der Waals surface area contributed by atoms with Crippen LogP contribution in [-0.4, -0.2) is 19.9 Å². The number of nitrogens with zero attached hydrogens (tertiary/aromatic N) is 4. The minimum Gasteiger partial charge on any atom is -0.455 e. The van der Waals surface area contributed by atoms with Crippen LogP contribution in [0.3, 0.4) is 0 Å². The number of hydrogen-bond donors (Lipinski definition) is 0. The maximum Gasteiger partial charge on any atom is 0.227 e. The Labute approximate surface area is 309 Å². The summed E-state index contributed by atoms with van der Waals surface area (Å²) < 4.78 is 13.3. The van der Waals surface area contributed by atoms with E-state index in [4.69, 9.17) is 28.8 Å². The van der Waals surface area contributed by atoms with Crippen LogP contribution in [0.25, 0.3) is 111 Å². The van der Waals surface area contributed by atoms with Crippen molar-refractivity contribution in [2.45, 2.75) is 0 Å². The Morgan fingerprint density at radius 2 is 0.944 bits per heavy atom. The molecule has 0 N–H and O–H groups in total. The molecule has 3 heterocycles. The molecule has 54 heavy (non-hydrogen) atoms. The number of oxazole rings is 1. The molecule has 3 aromatic heterocycles. The lowest BCUT2D eigenvalue weighted by Gasteiger charge is -2.12. The fourth-order valence-electron chi connectivity index (χ4n) is 7.57.